The molecule has 1 amide bonds. The van der Waals surface area contributed by atoms with Gasteiger partial charge in [0.2, 0.25) is 5.91 Å². The van der Waals surface area contributed by atoms with Gasteiger partial charge in [-0.3, -0.25) is 4.79 Å². The highest BCUT2D eigenvalue weighted by molar-refractivity contribution is 8.03. The Labute approximate surface area is 228 Å². The second kappa shape index (κ2) is 12.1. The quantitative estimate of drug-likeness (QED) is 0.311. The molecule has 2 aromatic carbocycles. The molecule has 37 heavy (non-hydrogen) atoms. The Bertz CT molecular complexity index is 1410. The molecule has 188 valence electrons. The van der Waals surface area contributed by atoms with E-state index in [4.69, 9.17) is 32.4 Å². The first-order valence-electron chi connectivity index (χ1n) is 11.1. The smallest absolute Gasteiger partial charge is 0.337 e. The summed E-state index contributed by atoms with van der Waals surface area (Å²) in [4.78, 5) is 25.8. The van der Waals surface area contributed by atoms with Gasteiger partial charge in [-0.05, 0) is 42.8 Å². The lowest BCUT2D eigenvalue weighted by atomic mass is 9.86. The van der Waals surface area contributed by atoms with Crippen LogP contribution in [0.4, 0.5) is 5.69 Å². The number of amides is 1. The largest absolute Gasteiger partial charge is 0.468 e. The van der Waals surface area contributed by atoms with E-state index in [1.807, 2.05) is 30.3 Å². The number of nitrogens with zero attached hydrogens (tertiary/aromatic N) is 1. The van der Waals surface area contributed by atoms with Gasteiger partial charge in [0.15, 0.2) is 0 Å². The minimum absolute atomic E-state index is 0.000297. The summed E-state index contributed by atoms with van der Waals surface area (Å²) in [5.41, 5.74) is 2.37. The summed E-state index contributed by atoms with van der Waals surface area (Å²) in [6.07, 6.45) is 1.48. The average molecular weight is 554 g/mol. The number of rotatable bonds is 8. The normalized spacial score (nSPS) is 15.1. The summed E-state index contributed by atoms with van der Waals surface area (Å²) in [7, 11) is 0. The first-order valence-corrected chi connectivity index (χ1v) is 12.9. The number of benzene rings is 2. The summed E-state index contributed by atoms with van der Waals surface area (Å²) in [5, 5.41) is 17.1. The topological polar surface area (TPSA) is 104 Å². The van der Waals surface area contributed by atoms with E-state index in [1.54, 1.807) is 37.3 Å². The van der Waals surface area contributed by atoms with Gasteiger partial charge >= 0.3 is 5.97 Å². The molecule has 0 saturated carbocycles. The van der Waals surface area contributed by atoms with Crippen molar-refractivity contribution in [1.82, 2.24) is 5.32 Å². The van der Waals surface area contributed by atoms with Crippen molar-refractivity contribution in [1.29, 1.82) is 5.26 Å². The fourth-order valence-corrected chi connectivity index (χ4v) is 4.94. The lowest BCUT2D eigenvalue weighted by Gasteiger charge is -2.28. The Morgan fingerprint density at radius 1 is 1.14 bits per heavy atom. The molecule has 2 N–H and O–H groups in total. The molecule has 1 aliphatic rings. The first kappa shape index (κ1) is 26.4. The van der Waals surface area contributed by atoms with Crippen molar-refractivity contribution in [2.75, 3.05) is 11.1 Å². The number of anilines is 1. The number of carbonyl (C=O) groups excluding carboxylic acids is 2. The molecular weight excluding hydrogens is 533 g/mol. The Morgan fingerprint density at radius 3 is 2.59 bits per heavy atom. The van der Waals surface area contributed by atoms with Crippen LogP contribution in [0, 0.1) is 11.3 Å². The molecule has 1 aliphatic heterocycles. The Hall–Kier alpha value is -3.64. The first-order chi connectivity index (χ1) is 17.9. The van der Waals surface area contributed by atoms with Crippen molar-refractivity contribution < 1.29 is 18.7 Å². The maximum absolute atomic E-state index is 13.2. The standard InChI is InChI=1S/C27H21Cl2N3O4S/c1-16-24(27(34)36-14-17-6-3-2-4-7-17)25(22-8-5-11-35-22)19(13-30)26(31-16)37-15-23(33)32-18-9-10-20(28)21(29)12-18/h2-12,25,31H,14-15H2,1H3,(H,32,33). The van der Waals surface area contributed by atoms with Crippen LogP contribution in [-0.4, -0.2) is 17.6 Å². The summed E-state index contributed by atoms with van der Waals surface area (Å²) in [5.74, 6) is -1.24. The minimum Gasteiger partial charge on any atom is -0.468 e. The molecule has 1 atom stereocenters. The van der Waals surface area contributed by atoms with Gasteiger partial charge in [-0.2, -0.15) is 5.26 Å². The molecule has 0 radical (unpaired) electrons. The zero-order valence-corrected chi connectivity index (χ0v) is 21.9. The molecule has 2 heterocycles. The van der Waals surface area contributed by atoms with Gasteiger partial charge in [-0.1, -0.05) is 65.3 Å². The number of halogens is 2. The molecule has 3 aromatic rings. The van der Waals surface area contributed by atoms with Crippen LogP contribution in [0.3, 0.4) is 0 Å². The van der Waals surface area contributed by atoms with Crippen molar-refractivity contribution >= 4 is 52.5 Å². The molecule has 4 rings (SSSR count). The van der Waals surface area contributed by atoms with Crippen LogP contribution in [0.2, 0.25) is 10.0 Å². The highest BCUT2D eigenvalue weighted by atomic mass is 35.5. The van der Waals surface area contributed by atoms with E-state index in [0.717, 1.165) is 17.3 Å². The Morgan fingerprint density at radius 2 is 1.92 bits per heavy atom. The van der Waals surface area contributed by atoms with Crippen molar-refractivity contribution in [3.05, 3.63) is 110 Å². The van der Waals surface area contributed by atoms with Crippen LogP contribution in [0.25, 0.3) is 0 Å². The molecule has 0 bridgehead atoms. The summed E-state index contributed by atoms with van der Waals surface area (Å²) >= 11 is 13.1. The van der Waals surface area contributed by atoms with E-state index in [2.05, 4.69) is 16.7 Å². The van der Waals surface area contributed by atoms with Crippen LogP contribution < -0.4 is 10.6 Å². The lowest BCUT2D eigenvalue weighted by molar-refractivity contribution is -0.140. The second-order valence-electron chi connectivity index (χ2n) is 7.99. The number of furan rings is 1. The summed E-state index contributed by atoms with van der Waals surface area (Å²) < 4.78 is 11.2. The van der Waals surface area contributed by atoms with Crippen LogP contribution in [-0.2, 0) is 20.9 Å². The number of hydrogen-bond acceptors (Lipinski definition) is 7. The number of nitrogens with one attached hydrogen (secondary N) is 2. The number of hydrogen-bond donors (Lipinski definition) is 2. The highest BCUT2D eigenvalue weighted by Crippen LogP contribution is 2.41. The SMILES string of the molecule is CC1=C(C(=O)OCc2ccccc2)C(c2ccco2)C(C#N)=C(SCC(=O)Nc2ccc(Cl)c(Cl)c2)N1. The fraction of sp³-hybridized carbons (Fsp3) is 0.148. The molecule has 0 saturated heterocycles. The molecule has 1 aromatic heterocycles. The lowest BCUT2D eigenvalue weighted by Crippen LogP contribution is -2.29. The Kier molecular flexibility index (Phi) is 8.62. The molecule has 7 nitrogen and oxygen atoms in total. The maximum Gasteiger partial charge on any atom is 0.337 e. The average Bonchev–Trinajstić information content (AvgIpc) is 3.43. The van der Waals surface area contributed by atoms with Crippen LogP contribution in [0.15, 0.2) is 93.2 Å². The number of dihydropyridines is 1. The van der Waals surface area contributed by atoms with E-state index in [1.165, 1.54) is 6.26 Å². The van der Waals surface area contributed by atoms with E-state index in [9.17, 15) is 14.9 Å². The van der Waals surface area contributed by atoms with Crippen LogP contribution >= 0.6 is 35.0 Å². The molecular formula is C27H21Cl2N3O4S. The van der Waals surface area contributed by atoms with Gasteiger partial charge in [-0.25, -0.2) is 4.79 Å². The Balaban J connectivity index is 1.53. The van der Waals surface area contributed by atoms with Gasteiger partial charge in [0.05, 0.1) is 50.2 Å². The zero-order chi connectivity index (χ0) is 26.4. The monoisotopic (exact) mass is 553 g/mol. The minimum atomic E-state index is -0.787. The predicted molar refractivity (Wildman–Crippen MR) is 144 cm³/mol. The summed E-state index contributed by atoms with van der Waals surface area (Å²) in [6, 6.07) is 19.7. The van der Waals surface area contributed by atoms with Crippen molar-refractivity contribution in [3.63, 3.8) is 0 Å². The molecule has 0 fully saturated rings. The number of carbonyl (C=O) groups is 2. The number of ether oxygens (including phenoxy) is 1. The second-order valence-corrected chi connectivity index (χ2v) is 9.79. The third-order valence-corrected chi connectivity index (χ3v) is 7.21. The fourth-order valence-electron chi connectivity index (χ4n) is 3.75. The number of nitriles is 1. The van der Waals surface area contributed by atoms with Gasteiger partial charge in [0.25, 0.3) is 0 Å². The van der Waals surface area contributed by atoms with E-state index in [-0.39, 0.29) is 29.4 Å². The van der Waals surface area contributed by atoms with Crippen molar-refractivity contribution in [3.8, 4) is 6.07 Å². The third kappa shape index (κ3) is 6.38. The molecule has 1 unspecified atom stereocenters. The van der Waals surface area contributed by atoms with Crippen LogP contribution in [0.5, 0.6) is 0 Å². The van der Waals surface area contributed by atoms with Crippen molar-refractivity contribution in [2.45, 2.75) is 19.4 Å². The number of allylic oxidation sites excluding steroid dienone is 2. The van der Waals surface area contributed by atoms with Gasteiger partial charge in [0, 0.05) is 11.4 Å². The van der Waals surface area contributed by atoms with E-state index >= 15 is 0 Å². The van der Waals surface area contributed by atoms with Gasteiger partial charge in [-0.15, -0.1) is 0 Å². The maximum atomic E-state index is 13.2. The number of thioether (sulfide) groups is 1. The zero-order valence-electron chi connectivity index (χ0n) is 19.6. The van der Waals surface area contributed by atoms with Crippen molar-refractivity contribution in [2.24, 2.45) is 0 Å². The molecule has 0 spiro atoms. The molecule has 0 aliphatic carbocycles. The van der Waals surface area contributed by atoms with Gasteiger partial charge < -0.3 is 19.8 Å². The third-order valence-electron chi connectivity index (χ3n) is 5.46. The molecule has 10 heteroatoms. The summed E-state index contributed by atoms with van der Waals surface area (Å²) in [6.45, 7) is 1.81. The number of esters is 1. The predicted octanol–water partition coefficient (Wildman–Crippen LogP) is 6.40. The van der Waals surface area contributed by atoms with Crippen LogP contribution in [0.1, 0.15) is 24.2 Å². The highest BCUT2D eigenvalue weighted by Gasteiger charge is 2.37. The van der Waals surface area contributed by atoms with E-state index < -0.39 is 11.9 Å². The van der Waals surface area contributed by atoms with E-state index in [0.29, 0.717) is 32.2 Å². The van der Waals surface area contributed by atoms with Gasteiger partial charge in [0.1, 0.15) is 12.4 Å².